The monoisotopic (exact) mass is 1030 g/mol. The first-order chi connectivity index (χ1) is 36.3. The van der Waals surface area contributed by atoms with E-state index in [0.717, 1.165) is 43.2 Å². The van der Waals surface area contributed by atoms with Gasteiger partial charge in [0.15, 0.2) is 0 Å². The molecule has 0 aliphatic rings. The summed E-state index contributed by atoms with van der Waals surface area (Å²) in [5.74, 6) is -2.40. The van der Waals surface area contributed by atoms with Crippen LogP contribution in [0.5, 0.6) is 0 Å². The smallest absolute Gasteiger partial charge is 0.408 e. The summed E-state index contributed by atoms with van der Waals surface area (Å²) in [6, 6.07) is 54.0. The van der Waals surface area contributed by atoms with Gasteiger partial charge in [0.05, 0.1) is 12.8 Å². The maximum absolute atomic E-state index is 14.5. The van der Waals surface area contributed by atoms with Gasteiger partial charge in [-0.3, -0.25) is 29.0 Å². The minimum absolute atomic E-state index is 0.103. The number of rotatable bonds is 22. The molecule has 6 rings (SSSR count). The lowest BCUT2D eigenvalue weighted by atomic mass is 9.77. The molecule has 0 fully saturated rings. The number of benzene rings is 6. The predicted molar refractivity (Wildman–Crippen MR) is 295 cm³/mol. The van der Waals surface area contributed by atoms with Gasteiger partial charge in [0.2, 0.25) is 23.6 Å². The van der Waals surface area contributed by atoms with Crippen molar-refractivity contribution in [2.75, 3.05) is 13.1 Å². The standard InChI is InChI=1S/C62H70N6O8/c1-59(2,3)67(57(73)74)51(43-53(69)65-61(45-29-15-9-16-30-45,46-31-17-10-18-32-46)47-33-19-11-20-34-47)55(71)63-41-27-7-8-28-42-64-56(72)52(68(58(75)76)60(4,5)6)44-54(70)66-62(48-35-21-12-22-36-48,49-37-23-13-24-38-49)50-39-25-14-26-40-50/h7-26,29-40,51-52H,27-28,41-44H2,1-6H3,(H,63,71)(H,64,72)(H,65,69)(H,66,70)(H,73,74)(H,75,76)/b8-7+/t51-,52-/m0/s1. The molecule has 0 aliphatic heterocycles. The van der Waals surface area contributed by atoms with Crippen LogP contribution in [0.4, 0.5) is 9.59 Å². The maximum atomic E-state index is 14.5. The highest BCUT2D eigenvalue weighted by atomic mass is 16.4. The molecule has 0 spiro atoms. The average Bonchev–Trinajstić information content (AvgIpc) is 3.41. The van der Waals surface area contributed by atoms with E-state index in [0.29, 0.717) is 12.8 Å². The van der Waals surface area contributed by atoms with E-state index < -0.39 is 82.9 Å². The van der Waals surface area contributed by atoms with E-state index in [-0.39, 0.29) is 13.1 Å². The third kappa shape index (κ3) is 13.8. The average molecular weight is 1030 g/mol. The van der Waals surface area contributed by atoms with Gasteiger partial charge in [-0.2, -0.15) is 0 Å². The van der Waals surface area contributed by atoms with Crippen LogP contribution in [0.15, 0.2) is 194 Å². The molecule has 0 heterocycles. The van der Waals surface area contributed by atoms with E-state index in [9.17, 15) is 39.0 Å². The molecule has 6 amide bonds. The molecule has 0 radical (unpaired) electrons. The van der Waals surface area contributed by atoms with Crippen molar-refractivity contribution >= 4 is 35.8 Å². The van der Waals surface area contributed by atoms with Crippen molar-refractivity contribution in [3.05, 3.63) is 228 Å². The zero-order chi connectivity index (χ0) is 54.9. The lowest BCUT2D eigenvalue weighted by Crippen LogP contribution is -2.59. The fourth-order valence-corrected chi connectivity index (χ4v) is 9.84. The summed E-state index contributed by atoms with van der Waals surface area (Å²) in [4.78, 5) is 85.0. The molecule has 0 unspecified atom stereocenters. The highest BCUT2D eigenvalue weighted by Crippen LogP contribution is 2.39. The molecule has 0 bridgehead atoms. The summed E-state index contributed by atoms with van der Waals surface area (Å²) >= 11 is 0. The van der Waals surface area contributed by atoms with Crippen molar-refractivity contribution in [2.24, 2.45) is 0 Å². The van der Waals surface area contributed by atoms with E-state index >= 15 is 0 Å². The number of hydrogen-bond donors (Lipinski definition) is 6. The number of nitrogens with zero attached hydrogens (tertiary/aromatic N) is 2. The molecular weight excluding hydrogens is 957 g/mol. The van der Waals surface area contributed by atoms with Crippen LogP contribution in [0.1, 0.15) is 101 Å². The van der Waals surface area contributed by atoms with Crippen LogP contribution in [0.2, 0.25) is 0 Å². The summed E-state index contributed by atoms with van der Waals surface area (Å²) in [6.45, 7) is 10.2. The first-order valence-corrected chi connectivity index (χ1v) is 25.5. The zero-order valence-electron chi connectivity index (χ0n) is 44.1. The van der Waals surface area contributed by atoms with Crippen LogP contribution < -0.4 is 21.3 Å². The Hall–Kier alpha value is -8.52. The van der Waals surface area contributed by atoms with Gasteiger partial charge in [0.25, 0.3) is 0 Å². The van der Waals surface area contributed by atoms with E-state index in [2.05, 4.69) is 21.3 Å². The van der Waals surface area contributed by atoms with Crippen LogP contribution in [0, 0.1) is 0 Å². The maximum Gasteiger partial charge on any atom is 0.408 e. The van der Waals surface area contributed by atoms with Gasteiger partial charge in [-0.15, -0.1) is 0 Å². The number of nitrogens with one attached hydrogen (secondary N) is 4. The number of carbonyl (C=O) groups is 6. The molecule has 6 aromatic carbocycles. The summed E-state index contributed by atoms with van der Waals surface area (Å²) in [7, 11) is 0. The Labute approximate surface area is 446 Å². The summed E-state index contributed by atoms with van der Waals surface area (Å²) in [6.07, 6.45) is 0.548. The fraction of sp³-hybridized carbons (Fsp3) is 0.290. The SMILES string of the molecule is CC(C)(C)N(C(=O)O)[C@@H](CC(=O)NC(c1ccccc1)(c1ccccc1)c1ccccc1)C(=O)NCC/C=C/CCNC(=O)[C@H](CC(=O)NC(c1ccccc1)(c1ccccc1)c1ccccc1)N(C(=O)O)C(C)(C)C. The first-order valence-electron chi connectivity index (χ1n) is 25.5. The van der Waals surface area contributed by atoms with Gasteiger partial charge in [0.1, 0.15) is 23.2 Å². The Kier molecular flexibility index (Phi) is 19.1. The number of hydrogen-bond acceptors (Lipinski definition) is 6. The van der Waals surface area contributed by atoms with Crippen molar-refractivity contribution in [2.45, 2.75) is 101 Å². The van der Waals surface area contributed by atoms with Gasteiger partial charge < -0.3 is 31.5 Å². The molecule has 14 nitrogen and oxygen atoms in total. The molecule has 0 saturated heterocycles. The second-order valence-electron chi connectivity index (χ2n) is 20.5. The van der Waals surface area contributed by atoms with Crippen molar-refractivity contribution < 1.29 is 39.0 Å². The van der Waals surface area contributed by atoms with Crippen LogP contribution in [-0.2, 0) is 30.3 Å². The highest BCUT2D eigenvalue weighted by molar-refractivity contribution is 5.93. The molecular formula is C62H70N6O8. The van der Waals surface area contributed by atoms with Gasteiger partial charge in [-0.1, -0.05) is 194 Å². The van der Waals surface area contributed by atoms with E-state index in [4.69, 9.17) is 0 Å². The van der Waals surface area contributed by atoms with E-state index in [1.165, 1.54) is 0 Å². The second kappa shape index (κ2) is 25.6. The van der Waals surface area contributed by atoms with Crippen LogP contribution >= 0.6 is 0 Å². The molecule has 0 saturated carbocycles. The Balaban J connectivity index is 1.13. The van der Waals surface area contributed by atoms with Crippen molar-refractivity contribution in [1.82, 2.24) is 31.1 Å². The molecule has 2 atom stereocenters. The Morgan fingerprint density at radius 3 is 0.829 bits per heavy atom. The third-order valence-electron chi connectivity index (χ3n) is 13.1. The summed E-state index contributed by atoms with van der Waals surface area (Å²) in [5.41, 5.74) is 0.0724. The minimum atomic E-state index is -1.41. The van der Waals surface area contributed by atoms with Gasteiger partial charge >= 0.3 is 12.2 Å². The van der Waals surface area contributed by atoms with Crippen molar-refractivity contribution in [3.63, 3.8) is 0 Å². The predicted octanol–water partition coefficient (Wildman–Crippen LogP) is 9.85. The minimum Gasteiger partial charge on any atom is -0.465 e. The first kappa shape index (κ1) is 56.8. The molecule has 0 aliphatic carbocycles. The molecule has 14 heteroatoms. The van der Waals surface area contributed by atoms with Gasteiger partial charge in [0, 0.05) is 24.2 Å². The van der Waals surface area contributed by atoms with Crippen molar-refractivity contribution in [1.29, 1.82) is 0 Å². The Morgan fingerprint density at radius 1 is 0.408 bits per heavy atom. The molecule has 396 valence electrons. The normalized spacial score (nSPS) is 12.7. The highest BCUT2D eigenvalue weighted by Gasteiger charge is 2.44. The molecule has 76 heavy (non-hydrogen) atoms. The van der Waals surface area contributed by atoms with Gasteiger partial charge in [-0.25, -0.2) is 9.59 Å². The number of amides is 6. The topological polar surface area (TPSA) is 197 Å². The van der Waals surface area contributed by atoms with E-state index in [1.54, 1.807) is 53.7 Å². The molecule has 6 aromatic rings. The van der Waals surface area contributed by atoms with Gasteiger partial charge in [-0.05, 0) is 87.8 Å². The summed E-state index contributed by atoms with van der Waals surface area (Å²) < 4.78 is 0. The quantitative estimate of drug-likeness (QED) is 0.0219. The Bertz CT molecular complexity index is 2500. The van der Waals surface area contributed by atoms with E-state index in [1.807, 2.05) is 182 Å². The zero-order valence-corrected chi connectivity index (χ0v) is 44.1. The molecule has 6 N–H and O–H groups in total. The third-order valence-corrected chi connectivity index (χ3v) is 13.1. The second-order valence-corrected chi connectivity index (χ2v) is 20.5. The van der Waals surface area contributed by atoms with Crippen molar-refractivity contribution in [3.8, 4) is 0 Å². The largest absolute Gasteiger partial charge is 0.465 e. The van der Waals surface area contributed by atoms with Crippen LogP contribution in [0.3, 0.4) is 0 Å². The lowest BCUT2D eigenvalue weighted by Gasteiger charge is -2.40. The molecule has 0 aromatic heterocycles. The lowest BCUT2D eigenvalue weighted by molar-refractivity contribution is -0.133. The number of carbonyl (C=O) groups excluding carboxylic acids is 4. The summed E-state index contributed by atoms with van der Waals surface area (Å²) in [5, 5.41) is 33.2. The Morgan fingerprint density at radius 2 is 0.632 bits per heavy atom. The number of carboxylic acid groups (broad SMARTS) is 2. The fourth-order valence-electron chi connectivity index (χ4n) is 9.84. The van der Waals surface area contributed by atoms with Crippen LogP contribution in [-0.4, -0.2) is 92.1 Å². The van der Waals surface area contributed by atoms with Crippen LogP contribution in [0.25, 0.3) is 0 Å².